The van der Waals surface area contributed by atoms with Crippen molar-refractivity contribution in [3.05, 3.63) is 82.5 Å². The van der Waals surface area contributed by atoms with Crippen LogP contribution in [-0.2, 0) is 6.42 Å². The predicted molar refractivity (Wildman–Crippen MR) is 153 cm³/mol. The molecule has 3 aromatic carbocycles. The van der Waals surface area contributed by atoms with Gasteiger partial charge in [0, 0.05) is 22.5 Å². The van der Waals surface area contributed by atoms with E-state index in [0.29, 0.717) is 0 Å². The van der Waals surface area contributed by atoms with Gasteiger partial charge in [0.25, 0.3) is 0 Å². The van der Waals surface area contributed by atoms with Gasteiger partial charge in [0.2, 0.25) is 0 Å². The van der Waals surface area contributed by atoms with E-state index in [4.69, 9.17) is 14.4 Å². The molecular weight excluding hydrogens is 460 g/mol. The summed E-state index contributed by atoms with van der Waals surface area (Å²) in [4.78, 5) is 9.69. The maximum absolute atomic E-state index is 6.50. The lowest BCUT2D eigenvalue weighted by atomic mass is 9.83. The molecule has 4 heteroatoms. The van der Waals surface area contributed by atoms with Crippen molar-refractivity contribution in [3.63, 3.8) is 0 Å². The molecule has 0 bridgehead atoms. The predicted octanol–water partition coefficient (Wildman–Crippen LogP) is 9.44. The molecule has 0 atom stereocenters. The van der Waals surface area contributed by atoms with Gasteiger partial charge in [-0.15, -0.1) is 11.3 Å². The second kappa shape index (κ2) is 8.28. The van der Waals surface area contributed by atoms with Crippen molar-refractivity contribution in [3.8, 4) is 22.4 Å². The lowest BCUT2D eigenvalue weighted by Crippen LogP contribution is -2.11. The van der Waals surface area contributed by atoms with Crippen LogP contribution in [0.4, 0.5) is 0 Å². The Bertz CT molecular complexity index is 1760. The quantitative estimate of drug-likeness (QED) is 0.248. The van der Waals surface area contributed by atoms with Gasteiger partial charge in [0.05, 0.1) is 20.9 Å². The number of aryl methyl sites for hydroxylation is 3. The molecule has 3 nitrogen and oxygen atoms in total. The third-order valence-corrected chi connectivity index (χ3v) is 7.86. The number of aromatic nitrogens is 2. The van der Waals surface area contributed by atoms with E-state index in [1.165, 1.54) is 32.5 Å². The van der Waals surface area contributed by atoms with Crippen LogP contribution in [0, 0.1) is 26.2 Å². The molecule has 3 aromatic heterocycles. The molecule has 0 aliphatic heterocycles. The standard InChI is InChI=1S/C32H30N2OS/c1-18-9-7-10-19(2)28(18)24-15-26(33-17-21(24)16-32(4,5)6)22-11-8-12-23-29-27(35-30(22)23)14-13-25-31(29)36-20(3)34-25/h7-15,17H,16H2,1-6H3. The van der Waals surface area contributed by atoms with Crippen molar-refractivity contribution in [1.82, 2.24) is 9.97 Å². The van der Waals surface area contributed by atoms with Crippen molar-refractivity contribution in [2.24, 2.45) is 5.41 Å². The number of para-hydroxylation sites is 1. The third-order valence-electron chi connectivity index (χ3n) is 6.86. The highest BCUT2D eigenvalue weighted by atomic mass is 32.1. The van der Waals surface area contributed by atoms with Gasteiger partial charge >= 0.3 is 0 Å². The Balaban J connectivity index is 1.62. The summed E-state index contributed by atoms with van der Waals surface area (Å²) in [6.45, 7) is 13.3. The first-order chi connectivity index (χ1) is 17.2. The zero-order valence-electron chi connectivity index (χ0n) is 21.7. The van der Waals surface area contributed by atoms with Crippen LogP contribution in [0.1, 0.15) is 42.5 Å². The number of nitrogens with zero attached hydrogens (tertiary/aromatic N) is 2. The van der Waals surface area contributed by atoms with Crippen LogP contribution < -0.4 is 0 Å². The van der Waals surface area contributed by atoms with Gasteiger partial charge < -0.3 is 4.42 Å². The number of hydrogen-bond acceptors (Lipinski definition) is 4. The van der Waals surface area contributed by atoms with Gasteiger partial charge in [-0.05, 0) is 84.7 Å². The Kier molecular flexibility index (Phi) is 5.27. The summed E-state index contributed by atoms with van der Waals surface area (Å²) < 4.78 is 7.68. The average molecular weight is 491 g/mol. The zero-order chi connectivity index (χ0) is 25.2. The molecule has 6 rings (SSSR count). The number of fused-ring (bicyclic) bond motifs is 5. The van der Waals surface area contributed by atoms with Gasteiger partial charge in [-0.1, -0.05) is 51.1 Å². The van der Waals surface area contributed by atoms with Crippen molar-refractivity contribution in [2.75, 3.05) is 0 Å². The van der Waals surface area contributed by atoms with Gasteiger partial charge in [-0.2, -0.15) is 0 Å². The molecule has 0 saturated carbocycles. The van der Waals surface area contributed by atoms with E-state index in [9.17, 15) is 0 Å². The summed E-state index contributed by atoms with van der Waals surface area (Å²) in [7, 11) is 0. The molecule has 0 N–H and O–H groups in total. The van der Waals surface area contributed by atoms with Crippen LogP contribution in [0.25, 0.3) is 54.5 Å². The molecule has 6 aromatic rings. The van der Waals surface area contributed by atoms with Crippen LogP contribution in [0.2, 0.25) is 0 Å². The van der Waals surface area contributed by atoms with E-state index in [0.717, 1.165) is 50.1 Å². The van der Waals surface area contributed by atoms with Gasteiger partial charge in [0.1, 0.15) is 11.2 Å². The Morgan fingerprint density at radius 2 is 1.64 bits per heavy atom. The first kappa shape index (κ1) is 22.9. The zero-order valence-corrected chi connectivity index (χ0v) is 22.5. The summed E-state index contributed by atoms with van der Waals surface area (Å²) >= 11 is 1.73. The molecule has 0 saturated heterocycles. The molecule has 0 unspecified atom stereocenters. The Morgan fingerprint density at radius 1 is 0.889 bits per heavy atom. The summed E-state index contributed by atoms with van der Waals surface area (Å²) in [5, 5.41) is 3.33. The second-order valence-electron chi connectivity index (χ2n) is 11.0. The number of rotatable bonds is 3. The smallest absolute Gasteiger partial charge is 0.144 e. The number of thiazole rings is 1. The van der Waals surface area contributed by atoms with Crippen LogP contribution in [-0.4, -0.2) is 9.97 Å². The fourth-order valence-corrected chi connectivity index (χ4v) is 6.37. The summed E-state index contributed by atoms with van der Waals surface area (Å²) in [6.07, 6.45) is 3.04. The molecule has 36 heavy (non-hydrogen) atoms. The number of pyridine rings is 1. The van der Waals surface area contributed by atoms with E-state index in [-0.39, 0.29) is 5.41 Å². The Morgan fingerprint density at radius 3 is 2.39 bits per heavy atom. The minimum Gasteiger partial charge on any atom is -0.455 e. The maximum Gasteiger partial charge on any atom is 0.144 e. The third kappa shape index (κ3) is 3.81. The molecule has 0 amide bonds. The molecule has 180 valence electrons. The Hall–Kier alpha value is -3.50. The van der Waals surface area contributed by atoms with E-state index in [1.54, 1.807) is 11.3 Å². The van der Waals surface area contributed by atoms with E-state index >= 15 is 0 Å². The topological polar surface area (TPSA) is 38.9 Å². The first-order valence-corrected chi connectivity index (χ1v) is 13.3. The fourth-order valence-electron chi connectivity index (χ4n) is 5.40. The maximum atomic E-state index is 6.50. The largest absolute Gasteiger partial charge is 0.455 e. The van der Waals surface area contributed by atoms with Crippen LogP contribution in [0.15, 0.2) is 65.2 Å². The van der Waals surface area contributed by atoms with E-state index in [2.05, 4.69) is 96.3 Å². The average Bonchev–Trinajstić information content (AvgIpc) is 3.38. The number of hydrogen-bond donors (Lipinski definition) is 0. The SMILES string of the molecule is Cc1nc2ccc3oc4c(-c5cc(-c6c(C)cccc6C)c(CC(C)(C)C)cn5)cccc4c3c2s1. The molecule has 3 heterocycles. The highest BCUT2D eigenvalue weighted by Crippen LogP contribution is 2.42. The molecule has 0 spiro atoms. The van der Waals surface area contributed by atoms with Gasteiger partial charge in [-0.3, -0.25) is 4.98 Å². The van der Waals surface area contributed by atoms with E-state index in [1.807, 2.05) is 6.07 Å². The summed E-state index contributed by atoms with van der Waals surface area (Å²) in [6, 6.07) is 19.3. The molecule has 0 aliphatic carbocycles. The normalized spacial score (nSPS) is 12.3. The minimum atomic E-state index is 0.158. The highest BCUT2D eigenvalue weighted by Gasteiger charge is 2.21. The lowest BCUT2D eigenvalue weighted by Gasteiger charge is -2.22. The van der Waals surface area contributed by atoms with Crippen molar-refractivity contribution >= 4 is 43.5 Å². The Labute approximate surface area is 215 Å². The van der Waals surface area contributed by atoms with Crippen LogP contribution in [0.5, 0.6) is 0 Å². The van der Waals surface area contributed by atoms with Crippen molar-refractivity contribution < 1.29 is 4.42 Å². The monoisotopic (exact) mass is 490 g/mol. The fraction of sp³-hybridized carbons (Fsp3) is 0.250. The molecule has 0 fully saturated rings. The molecule has 0 aliphatic rings. The molecular formula is C32H30N2OS. The number of benzene rings is 3. The van der Waals surface area contributed by atoms with Gasteiger partial charge in [-0.25, -0.2) is 4.98 Å². The van der Waals surface area contributed by atoms with Gasteiger partial charge in [0.15, 0.2) is 0 Å². The summed E-state index contributed by atoms with van der Waals surface area (Å²) in [5.41, 5.74) is 11.3. The highest BCUT2D eigenvalue weighted by molar-refractivity contribution is 7.19. The summed E-state index contributed by atoms with van der Waals surface area (Å²) in [5.74, 6) is 0. The lowest BCUT2D eigenvalue weighted by molar-refractivity contribution is 0.411. The van der Waals surface area contributed by atoms with Crippen molar-refractivity contribution in [2.45, 2.75) is 48.0 Å². The number of furan rings is 1. The van der Waals surface area contributed by atoms with Crippen molar-refractivity contribution in [1.29, 1.82) is 0 Å². The van der Waals surface area contributed by atoms with Crippen LogP contribution >= 0.6 is 11.3 Å². The van der Waals surface area contributed by atoms with Crippen LogP contribution in [0.3, 0.4) is 0 Å². The minimum absolute atomic E-state index is 0.158. The second-order valence-corrected chi connectivity index (χ2v) is 12.2. The first-order valence-electron chi connectivity index (χ1n) is 12.5. The van der Waals surface area contributed by atoms with E-state index < -0.39 is 0 Å². The molecule has 0 radical (unpaired) electrons.